The van der Waals surface area contributed by atoms with Crippen LogP contribution < -0.4 is 0 Å². The maximum Gasteiger partial charge on any atom is 0.155 e. The molecule has 0 saturated carbocycles. The van der Waals surface area contributed by atoms with Crippen molar-refractivity contribution in [2.45, 2.75) is 79.0 Å². The van der Waals surface area contributed by atoms with E-state index in [-0.39, 0.29) is 62.0 Å². The zero-order valence-electron chi connectivity index (χ0n) is 56.0. The van der Waals surface area contributed by atoms with Crippen LogP contribution in [0.15, 0.2) is 24.3 Å². The van der Waals surface area contributed by atoms with Gasteiger partial charge in [-0.2, -0.15) is 59.7 Å². The molecule has 94 heavy (non-hydrogen) atoms. The van der Waals surface area contributed by atoms with E-state index in [2.05, 4.69) is 101 Å². The second-order valence-corrected chi connectivity index (χ2v) is 27.3. The molecular weight excluding hydrogens is 1580 g/mol. The Bertz CT molecular complexity index is 1930. The monoisotopic (exact) mass is 1680 g/mol. The van der Waals surface area contributed by atoms with Crippen LogP contribution in [0.3, 0.4) is 0 Å². The molecule has 0 aliphatic heterocycles. The molecule has 544 valence electrons. The molecule has 0 heterocycles. The molecule has 2 rings (SSSR count). The van der Waals surface area contributed by atoms with Crippen molar-refractivity contribution in [1.29, 1.82) is 0 Å². The van der Waals surface area contributed by atoms with E-state index in [9.17, 15) is 24.0 Å². The molecule has 0 N–H and O–H groups in total. The molecule has 0 bridgehead atoms. The number of halogens is 4. The fourth-order valence-corrected chi connectivity index (χ4v) is 12.9. The quantitative estimate of drug-likeness (QED) is 0.0369. The Balaban J connectivity index is 0.00000251. The molecule has 0 radical (unpaired) electrons. The topological polar surface area (TPSA) is 224 Å². The molecule has 0 aliphatic carbocycles. The number of alkyl halides is 4. The number of thiol groups is 1. The molecule has 0 aromatic heterocycles. The van der Waals surface area contributed by atoms with Crippen LogP contribution in [0.5, 0.6) is 0 Å². The van der Waals surface area contributed by atoms with Crippen LogP contribution in [0, 0.1) is 0 Å². The Morgan fingerprint density at radius 2 is 0.426 bits per heavy atom. The third-order valence-electron chi connectivity index (χ3n) is 11.6. The summed E-state index contributed by atoms with van der Waals surface area (Å²) in [6.45, 7) is 20.4. The van der Waals surface area contributed by atoms with Gasteiger partial charge in [0.2, 0.25) is 0 Å². The summed E-state index contributed by atoms with van der Waals surface area (Å²) in [5, 5.41) is 3.65. The van der Waals surface area contributed by atoms with Gasteiger partial charge in [-0.15, -0.1) is 0 Å². The lowest BCUT2D eigenvalue weighted by molar-refractivity contribution is -0.122. The van der Waals surface area contributed by atoms with Crippen molar-refractivity contribution in [1.82, 2.24) is 0 Å². The second-order valence-electron chi connectivity index (χ2n) is 20.1. The smallest absolute Gasteiger partial charge is 0.155 e. The molecule has 0 saturated heterocycles. The largest absolute Gasteiger partial charge is 0.378 e. The maximum absolute atomic E-state index is 11.0. The Morgan fingerprint density at radius 1 is 0.266 bits per heavy atom. The van der Waals surface area contributed by atoms with Crippen molar-refractivity contribution in [2.24, 2.45) is 0 Å². The number of hydrogen-bond acceptors (Lipinski definition) is 25. The summed E-state index contributed by atoms with van der Waals surface area (Å²) in [4.78, 5) is 54.4. The summed E-state index contributed by atoms with van der Waals surface area (Å²) in [5.74, 6) is 7.57. The first-order valence-electron chi connectivity index (χ1n) is 31.3. The van der Waals surface area contributed by atoms with Gasteiger partial charge in [-0.3, -0.25) is 24.0 Å². The van der Waals surface area contributed by atoms with Gasteiger partial charge in [0.05, 0.1) is 165 Å². The molecule has 0 spiro atoms. The average molecular weight is 1690 g/mol. The summed E-state index contributed by atoms with van der Waals surface area (Å²) in [6.07, 6.45) is 0. The van der Waals surface area contributed by atoms with Gasteiger partial charge >= 0.3 is 0 Å². The highest BCUT2D eigenvalue weighted by molar-refractivity contribution is 9.09. The first kappa shape index (κ1) is 93.9. The Hall–Kier alpha value is -0.140. The van der Waals surface area contributed by atoms with Gasteiger partial charge in [0, 0.05) is 73.1 Å². The number of Topliss-reactive ketones (excluding diaryl/α,β-unsaturated/α-hetero) is 5. The predicted octanol–water partition coefficient (Wildman–Crippen LogP) is 11.0. The summed E-state index contributed by atoms with van der Waals surface area (Å²) >= 11 is 25.4. The number of rotatable bonds is 66. The van der Waals surface area contributed by atoms with E-state index in [1.165, 1.54) is 79.1 Å². The van der Waals surface area contributed by atoms with Gasteiger partial charge in [0.25, 0.3) is 0 Å². The van der Waals surface area contributed by atoms with Crippen LogP contribution in [-0.4, -0.2) is 256 Å². The van der Waals surface area contributed by atoms with Crippen molar-refractivity contribution in [2.75, 3.05) is 227 Å². The van der Waals surface area contributed by atoms with E-state index in [4.69, 9.17) is 71.1 Å². The molecule has 0 unspecified atom stereocenters. The fourth-order valence-electron chi connectivity index (χ4n) is 7.16. The van der Waals surface area contributed by atoms with Gasteiger partial charge in [0.15, 0.2) is 28.9 Å². The molecule has 0 amide bonds. The molecular formula is C65H106Br4O20S5. The van der Waals surface area contributed by atoms with E-state index in [0.29, 0.717) is 165 Å². The molecule has 29 heteroatoms. The lowest BCUT2D eigenvalue weighted by Gasteiger charge is -2.17. The Morgan fingerprint density at radius 3 is 0.596 bits per heavy atom. The minimum absolute atomic E-state index is 0.00402. The molecule has 20 nitrogen and oxygen atoms in total. The maximum atomic E-state index is 11.0. The zero-order chi connectivity index (χ0) is 69.2. The summed E-state index contributed by atoms with van der Waals surface area (Å²) in [6, 6.07) is 9.30. The number of carbonyl (C=O) groups is 5. The first-order valence-corrected chi connectivity index (χ1v) is 41.0. The van der Waals surface area contributed by atoms with E-state index in [0.717, 1.165) is 73.1 Å². The van der Waals surface area contributed by atoms with Gasteiger partial charge in [0.1, 0.15) is 33.0 Å². The average Bonchev–Trinajstić information content (AvgIpc) is 1.53. The van der Waals surface area contributed by atoms with E-state index in [1.807, 2.05) is 47.0 Å². The number of benzene rings is 2. The van der Waals surface area contributed by atoms with E-state index < -0.39 is 0 Å². The van der Waals surface area contributed by atoms with Crippen molar-refractivity contribution in [3.05, 3.63) is 68.8 Å². The minimum atomic E-state index is -0.00402. The minimum Gasteiger partial charge on any atom is -0.378 e. The van der Waals surface area contributed by atoms with Crippen molar-refractivity contribution in [3.8, 4) is 0 Å². The number of thioether (sulfide) groups is 4. The third-order valence-corrected chi connectivity index (χ3v) is 18.1. The van der Waals surface area contributed by atoms with Gasteiger partial charge in [-0.1, -0.05) is 88.0 Å². The van der Waals surface area contributed by atoms with Gasteiger partial charge < -0.3 is 71.1 Å². The number of ether oxygens (including phenoxy) is 15. The molecule has 0 atom stereocenters. The van der Waals surface area contributed by atoms with E-state index >= 15 is 0 Å². The molecule has 2 aromatic rings. The van der Waals surface area contributed by atoms with Crippen LogP contribution >= 0.6 is 123 Å². The van der Waals surface area contributed by atoms with Gasteiger partial charge in [-0.25, -0.2) is 0 Å². The second kappa shape index (κ2) is 71.3. The fraction of sp³-hybridized carbons (Fsp3) is 0.738. The van der Waals surface area contributed by atoms with Crippen molar-refractivity contribution in [3.63, 3.8) is 0 Å². The highest BCUT2D eigenvalue weighted by atomic mass is 79.9. The van der Waals surface area contributed by atoms with Crippen LogP contribution in [-0.2, 0) is 139 Å². The Kier molecular flexibility index (Phi) is 71.2. The number of ketones is 5. The SMILES string of the molecule is BrCc1cc(CBr)c(CBr)cc1CBr.CC(=O)COCCOCCOCCS.CC(=O)COCCOCCOCCSCc1cc(CSCCOCCOCCOCC(C)=O)c(CSCCOCCOCCOCC(C)=O)cc1CSCCOCCOCCOCC(C)=O. The standard InChI is InChI=1S/C46H78O16S4.C10H10Br4.C9H18O4S/c1-39(47)31-59-17-13-51-5-9-55-21-25-63-35-43-29-45(37-65-27-23-57-11-7-53-15-19-61-33-41(3)49)46(38-66-28-24-58-12-8-54-16-20-62-34-42(4)50)30-44(43)36-64-26-22-56-10-6-52-14-18-60-32-40(2)48;11-3-7-1-8(4-12)10(6-14)2-9(7)5-13;1-9(10)8-13-5-4-11-2-3-12-6-7-14/h29-30H,5-28,31-38H2,1-4H3;1-2H,3-6H2;14H,2-8H2,1H3. The normalized spacial score (nSPS) is 11.2. The zero-order valence-corrected chi connectivity index (χ0v) is 66.5. The van der Waals surface area contributed by atoms with Crippen LogP contribution in [0.25, 0.3) is 0 Å². The number of hydrogen-bond donors (Lipinski definition) is 1. The Labute approximate surface area is 616 Å². The van der Waals surface area contributed by atoms with Crippen LogP contribution in [0.1, 0.15) is 79.1 Å². The van der Waals surface area contributed by atoms with Crippen molar-refractivity contribution >= 4 is 152 Å². The molecule has 2 aromatic carbocycles. The van der Waals surface area contributed by atoms with Crippen LogP contribution in [0.4, 0.5) is 0 Å². The van der Waals surface area contributed by atoms with Crippen LogP contribution in [0.2, 0.25) is 0 Å². The summed E-state index contributed by atoms with van der Waals surface area (Å²) in [7, 11) is 0. The molecule has 0 fully saturated rings. The van der Waals surface area contributed by atoms with Gasteiger partial charge in [-0.05, 0) is 79.1 Å². The first-order chi connectivity index (χ1) is 45.7. The summed E-state index contributed by atoms with van der Waals surface area (Å²) in [5.41, 5.74) is 10.7. The van der Waals surface area contributed by atoms with E-state index in [1.54, 1.807) is 0 Å². The highest BCUT2D eigenvalue weighted by Crippen LogP contribution is 2.30. The lowest BCUT2D eigenvalue weighted by Crippen LogP contribution is -2.12. The summed E-state index contributed by atoms with van der Waals surface area (Å²) < 4.78 is 81.7. The molecule has 0 aliphatic rings. The highest BCUT2D eigenvalue weighted by Gasteiger charge is 2.13. The lowest BCUT2D eigenvalue weighted by atomic mass is 10.0. The predicted molar refractivity (Wildman–Crippen MR) is 398 cm³/mol. The van der Waals surface area contributed by atoms with Crippen molar-refractivity contribution < 1.29 is 95.0 Å². The third kappa shape index (κ3) is 61.7. The number of carbonyl (C=O) groups excluding carboxylic acids is 5.